The molecule has 0 spiro atoms. The molecule has 50 heavy (non-hydrogen) atoms. The molecule has 8 aromatic rings. The molecule has 6 aromatic carbocycles. The van der Waals surface area contributed by atoms with Crippen LogP contribution in [0, 0.1) is 34.0 Å². The summed E-state index contributed by atoms with van der Waals surface area (Å²) in [5.74, 6) is 0. The molecule has 0 atom stereocenters. The van der Waals surface area contributed by atoms with Gasteiger partial charge in [-0.25, -0.2) is 0 Å². The number of rotatable bonds is 4. The number of hydrogen-bond donors (Lipinski definition) is 0. The van der Waals surface area contributed by atoms with Crippen LogP contribution in [0.1, 0.15) is 28.8 Å². The average Bonchev–Trinajstić information content (AvgIpc) is 3.70. The van der Waals surface area contributed by atoms with E-state index in [0.717, 1.165) is 83.2 Å². The van der Waals surface area contributed by atoms with Gasteiger partial charge >= 0.3 is 0 Å². The van der Waals surface area contributed by atoms with E-state index in [4.69, 9.17) is 0 Å². The minimum absolute atomic E-state index is 0.607. The molecule has 1 aliphatic carbocycles. The lowest BCUT2D eigenvalue weighted by Gasteiger charge is -2.18. The Balaban J connectivity index is 1.13. The van der Waals surface area contributed by atoms with Gasteiger partial charge in [0.2, 0.25) is 0 Å². The van der Waals surface area contributed by atoms with Crippen molar-refractivity contribution in [3.63, 3.8) is 0 Å². The molecule has 0 aliphatic heterocycles. The Bertz CT molecular complexity index is 2790. The van der Waals surface area contributed by atoms with Crippen molar-refractivity contribution in [2.24, 2.45) is 0 Å². The molecule has 0 radical (unpaired) electrons. The quantitative estimate of drug-likeness (QED) is 0.193. The van der Waals surface area contributed by atoms with Gasteiger partial charge in [0.25, 0.3) is 0 Å². The third kappa shape index (κ3) is 4.37. The van der Waals surface area contributed by atoms with E-state index < -0.39 is 0 Å². The number of hydrogen-bond acceptors (Lipinski definition) is 3. The molecule has 2 aromatic heterocycles. The van der Waals surface area contributed by atoms with Crippen LogP contribution in [-0.4, -0.2) is 9.13 Å². The van der Waals surface area contributed by atoms with Crippen LogP contribution in [0.15, 0.2) is 139 Å². The van der Waals surface area contributed by atoms with Gasteiger partial charge in [-0.1, -0.05) is 91.0 Å². The van der Waals surface area contributed by atoms with Crippen molar-refractivity contribution in [3.05, 3.63) is 161 Å². The number of para-hydroxylation sites is 3. The highest BCUT2D eigenvalue weighted by molar-refractivity contribution is 6.09. The maximum Gasteiger partial charge on any atom is 0.101 e. The molecule has 0 unspecified atom stereocenters. The van der Waals surface area contributed by atoms with Crippen LogP contribution >= 0.6 is 0 Å². The number of aromatic nitrogens is 2. The smallest absolute Gasteiger partial charge is 0.101 e. The Morgan fingerprint density at radius 3 is 1.84 bits per heavy atom. The van der Waals surface area contributed by atoms with Crippen LogP contribution in [0.3, 0.4) is 0 Å². The Labute approximate surface area is 289 Å². The highest BCUT2D eigenvalue weighted by Gasteiger charge is 2.24. The van der Waals surface area contributed by atoms with Gasteiger partial charge in [0, 0.05) is 38.6 Å². The molecule has 2 heterocycles. The largest absolute Gasteiger partial charge is 0.312 e. The van der Waals surface area contributed by atoms with Gasteiger partial charge in [0.1, 0.15) is 6.07 Å². The number of allylic oxidation sites excluding steroid dienone is 1. The van der Waals surface area contributed by atoms with Crippen LogP contribution in [0.4, 0.5) is 0 Å². The molecule has 232 valence electrons. The van der Waals surface area contributed by atoms with Crippen LogP contribution < -0.4 is 0 Å². The first-order valence-corrected chi connectivity index (χ1v) is 16.6. The maximum atomic E-state index is 10.4. The molecule has 1 aliphatic rings. The lowest BCUT2D eigenvalue weighted by atomic mass is 9.95. The third-order valence-electron chi connectivity index (χ3n) is 9.96. The second kappa shape index (κ2) is 11.5. The summed E-state index contributed by atoms with van der Waals surface area (Å²) < 4.78 is 4.46. The fourth-order valence-corrected chi connectivity index (χ4v) is 7.71. The first-order chi connectivity index (χ1) is 24.7. The number of nitriles is 3. The fraction of sp³-hybridized carbons (Fsp3) is 0.0444. The van der Waals surface area contributed by atoms with E-state index in [0.29, 0.717) is 24.0 Å². The molecule has 0 fully saturated rings. The summed E-state index contributed by atoms with van der Waals surface area (Å²) in [4.78, 5) is 0. The summed E-state index contributed by atoms with van der Waals surface area (Å²) in [6.45, 7) is 0. The summed E-state index contributed by atoms with van der Waals surface area (Å²) >= 11 is 0. The van der Waals surface area contributed by atoms with Crippen molar-refractivity contribution < 1.29 is 0 Å². The van der Waals surface area contributed by atoms with Crippen molar-refractivity contribution in [3.8, 4) is 51.8 Å². The predicted octanol–water partition coefficient (Wildman–Crippen LogP) is 10.7. The lowest BCUT2D eigenvalue weighted by Crippen LogP contribution is -2.06. The predicted molar refractivity (Wildman–Crippen MR) is 200 cm³/mol. The average molecular weight is 638 g/mol. The first-order valence-electron chi connectivity index (χ1n) is 16.6. The molecule has 5 heteroatoms. The monoisotopic (exact) mass is 637 g/mol. The molecule has 9 rings (SSSR count). The van der Waals surface area contributed by atoms with Crippen LogP contribution in [-0.2, 0) is 6.42 Å². The minimum atomic E-state index is 0.607. The molecular formula is C45H27N5. The van der Waals surface area contributed by atoms with Crippen LogP contribution in [0.5, 0.6) is 0 Å². The van der Waals surface area contributed by atoms with Crippen molar-refractivity contribution >= 4 is 38.8 Å². The van der Waals surface area contributed by atoms with Gasteiger partial charge in [-0.2, -0.15) is 15.8 Å². The van der Waals surface area contributed by atoms with E-state index >= 15 is 0 Å². The Morgan fingerprint density at radius 1 is 0.480 bits per heavy atom. The van der Waals surface area contributed by atoms with Crippen molar-refractivity contribution in [1.29, 1.82) is 15.8 Å². The van der Waals surface area contributed by atoms with E-state index in [1.54, 1.807) is 0 Å². The summed E-state index contributed by atoms with van der Waals surface area (Å²) in [5, 5.41) is 33.3. The summed E-state index contributed by atoms with van der Waals surface area (Å²) in [6.07, 6.45) is 3.34. The highest BCUT2D eigenvalue weighted by atomic mass is 15.0. The normalized spacial score (nSPS) is 12.3. The number of fused-ring (bicyclic) bond motifs is 6. The third-order valence-corrected chi connectivity index (χ3v) is 9.96. The SMILES string of the molecule is N#CC1=Cc2c(n(-c3ccccc3-c3ccc(-c4ccc(-n5c6ccccc6c6ccccc65)c(C#N)c4)cc3)c3cccc(C#N)c23)CC1. The van der Waals surface area contributed by atoms with E-state index in [2.05, 4.69) is 118 Å². The molecule has 0 saturated heterocycles. The van der Waals surface area contributed by atoms with Crippen LogP contribution in [0.2, 0.25) is 0 Å². The second-order valence-electron chi connectivity index (χ2n) is 12.6. The lowest BCUT2D eigenvalue weighted by molar-refractivity contribution is 0.872. The van der Waals surface area contributed by atoms with E-state index in [1.807, 2.05) is 48.5 Å². The molecule has 0 bridgehead atoms. The van der Waals surface area contributed by atoms with E-state index in [-0.39, 0.29) is 0 Å². The molecule has 0 N–H and O–H groups in total. The zero-order valence-corrected chi connectivity index (χ0v) is 26.9. The second-order valence-corrected chi connectivity index (χ2v) is 12.6. The molecule has 0 saturated carbocycles. The maximum absolute atomic E-state index is 10.4. The highest BCUT2D eigenvalue weighted by Crippen LogP contribution is 2.40. The molecule has 5 nitrogen and oxygen atoms in total. The van der Waals surface area contributed by atoms with Gasteiger partial charge in [0.05, 0.1) is 51.2 Å². The zero-order valence-electron chi connectivity index (χ0n) is 26.9. The fourth-order valence-electron chi connectivity index (χ4n) is 7.71. The van der Waals surface area contributed by atoms with Crippen molar-refractivity contribution in [1.82, 2.24) is 9.13 Å². The Hall–Kier alpha value is -7.13. The summed E-state index contributed by atoms with van der Waals surface area (Å²) in [7, 11) is 0. The zero-order chi connectivity index (χ0) is 33.8. The summed E-state index contributed by atoms with van der Waals surface area (Å²) in [5.41, 5.74) is 13.1. The van der Waals surface area contributed by atoms with Crippen LogP contribution in [0.25, 0.3) is 72.4 Å². The van der Waals surface area contributed by atoms with Gasteiger partial charge in [0.15, 0.2) is 0 Å². The minimum Gasteiger partial charge on any atom is -0.312 e. The number of benzene rings is 6. The van der Waals surface area contributed by atoms with Gasteiger partial charge in [-0.3, -0.25) is 0 Å². The van der Waals surface area contributed by atoms with Crippen molar-refractivity contribution in [2.45, 2.75) is 12.8 Å². The van der Waals surface area contributed by atoms with Crippen molar-refractivity contribution in [2.75, 3.05) is 0 Å². The Morgan fingerprint density at radius 2 is 1.12 bits per heavy atom. The van der Waals surface area contributed by atoms with Gasteiger partial charge in [-0.15, -0.1) is 0 Å². The number of nitrogens with zero attached hydrogens (tertiary/aromatic N) is 5. The molecular weight excluding hydrogens is 611 g/mol. The van der Waals surface area contributed by atoms with E-state index in [1.165, 1.54) is 0 Å². The first kappa shape index (κ1) is 29.0. The standard InChI is InChI=1S/C45H27N5/c46-26-29-16-22-43-38(24-29)45-33(27-47)8-7-15-44(45)50(43)40-12-4-1-9-35(40)31-19-17-30(18-20-31)32-21-23-39(34(25-32)28-48)49-41-13-5-2-10-36(41)37-11-3-6-14-42(37)49/h1-15,17-21,23-25H,16,22H2. The van der Waals surface area contributed by atoms with Gasteiger partial charge < -0.3 is 9.13 Å². The summed E-state index contributed by atoms with van der Waals surface area (Å²) in [6, 6.07) is 52.6. The Kier molecular flexibility index (Phi) is 6.70. The van der Waals surface area contributed by atoms with E-state index in [9.17, 15) is 15.8 Å². The molecule has 0 amide bonds. The van der Waals surface area contributed by atoms with Gasteiger partial charge in [-0.05, 0) is 78.1 Å². The topological polar surface area (TPSA) is 81.2 Å².